The van der Waals surface area contributed by atoms with Crippen LogP contribution in [-0.4, -0.2) is 28.5 Å². The zero-order chi connectivity index (χ0) is 15.6. The maximum Gasteiger partial charge on any atom is 0.240 e. The van der Waals surface area contributed by atoms with Crippen molar-refractivity contribution in [2.75, 3.05) is 17.2 Å². The molecule has 4 N–H and O–H groups in total. The molecule has 6 nitrogen and oxygen atoms in total. The summed E-state index contributed by atoms with van der Waals surface area (Å²) in [5, 5.41) is 6.47. The molecule has 1 saturated carbocycles. The van der Waals surface area contributed by atoms with Crippen molar-refractivity contribution in [2.45, 2.75) is 52.5 Å². The fraction of sp³-hybridized carbons (Fsp3) is 0.667. The van der Waals surface area contributed by atoms with E-state index in [1.54, 1.807) is 0 Å². The van der Waals surface area contributed by atoms with E-state index < -0.39 is 6.04 Å². The predicted octanol–water partition coefficient (Wildman–Crippen LogP) is 2.02. The summed E-state index contributed by atoms with van der Waals surface area (Å²) < 4.78 is 0. The van der Waals surface area contributed by atoms with Crippen LogP contribution < -0.4 is 16.4 Å². The second-order valence-electron chi connectivity index (χ2n) is 5.98. The average molecular weight is 291 g/mol. The topological polar surface area (TPSA) is 92.9 Å². The predicted molar refractivity (Wildman–Crippen MR) is 84.4 cm³/mol. The lowest BCUT2D eigenvalue weighted by Crippen LogP contribution is -2.40. The van der Waals surface area contributed by atoms with Crippen molar-refractivity contribution in [3.8, 4) is 0 Å². The largest absolute Gasteiger partial charge is 0.370 e. The van der Waals surface area contributed by atoms with Crippen LogP contribution in [0.15, 0.2) is 0 Å². The number of hydrogen-bond donors (Lipinski definition) is 3. The van der Waals surface area contributed by atoms with Crippen LogP contribution in [0.4, 0.5) is 11.6 Å². The van der Waals surface area contributed by atoms with E-state index in [0.29, 0.717) is 11.7 Å². The van der Waals surface area contributed by atoms with Crippen molar-refractivity contribution in [3.63, 3.8) is 0 Å². The van der Waals surface area contributed by atoms with Gasteiger partial charge in [0.1, 0.15) is 23.5 Å². The van der Waals surface area contributed by atoms with E-state index in [9.17, 15) is 4.79 Å². The highest BCUT2D eigenvalue weighted by Crippen LogP contribution is 2.39. The Morgan fingerprint density at radius 1 is 1.33 bits per heavy atom. The molecule has 0 aliphatic heterocycles. The van der Waals surface area contributed by atoms with Gasteiger partial charge in [-0.1, -0.05) is 13.8 Å². The maximum absolute atomic E-state index is 11.6. The molecular weight excluding hydrogens is 266 g/mol. The second kappa shape index (κ2) is 6.28. The lowest BCUT2D eigenvalue weighted by atomic mass is 10.0. The summed E-state index contributed by atoms with van der Waals surface area (Å²) in [6, 6.07) is -0.430. The molecule has 1 heterocycles. The van der Waals surface area contributed by atoms with E-state index >= 15 is 0 Å². The molecule has 1 aliphatic rings. The average Bonchev–Trinajstić information content (AvgIpc) is 3.23. The minimum atomic E-state index is -0.430. The van der Waals surface area contributed by atoms with Crippen molar-refractivity contribution < 1.29 is 4.79 Å². The molecule has 1 aromatic rings. The van der Waals surface area contributed by atoms with Gasteiger partial charge >= 0.3 is 0 Å². The molecule has 0 spiro atoms. The molecule has 1 amide bonds. The van der Waals surface area contributed by atoms with Crippen LogP contribution in [0, 0.1) is 12.8 Å². The highest BCUT2D eigenvalue weighted by Gasteiger charge is 2.29. The van der Waals surface area contributed by atoms with E-state index in [-0.39, 0.29) is 11.8 Å². The van der Waals surface area contributed by atoms with Gasteiger partial charge in [-0.05, 0) is 32.6 Å². The Bertz CT molecular complexity index is 525. The van der Waals surface area contributed by atoms with E-state index in [1.165, 1.54) is 0 Å². The smallest absolute Gasteiger partial charge is 0.240 e. The number of aromatic nitrogens is 2. The van der Waals surface area contributed by atoms with Gasteiger partial charge in [0.05, 0.1) is 0 Å². The number of nitrogens with one attached hydrogen (secondary N) is 2. The molecule has 0 radical (unpaired) electrons. The molecule has 0 saturated heterocycles. The third-order valence-corrected chi connectivity index (χ3v) is 3.72. The minimum Gasteiger partial charge on any atom is -0.370 e. The second-order valence-corrected chi connectivity index (χ2v) is 5.98. The van der Waals surface area contributed by atoms with Gasteiger partial charge in [0.2, 0.25) is 5.91 Å². The first-order valence-corrected chi connectivity index (χ1v) is 7.62. The molecule has 0 aromatic carbocycles. The molecule has 1 fully saturated rings. The number of carbonyl (C=O) groups is 1. The molecule has 1 aromatic heterocycles. The quantitative estimate of drug-likeness (QED) is 0.714. The Balaban J connectivity index is 2.34. The molecule has 1 aliphatic carbocycles. The first kappa shape index (κ1) is 15.5. The monoisotopic (exact) mass is 291 g/mol. The Hall–Kier alpha value is -1.85. The van der Waals surface area contributed by atoms with Crippen molar-refractivity contribution in [3.05, 3.63) is 11.4 Å². The Morgan fingerprint density at radius 2 is 1.95 bits per heavy atom. The lowest BCUT2D eigenvalue weighted by Gasteiger charge is -2.22. The molecule has 1 atom stereocenters. The highest BCUT2D eigenvalue weighted by atomic mass is 16.1. The van der Waals surface area contributed by atoms with Crippen LogP contribution in [0.3, 0.4) is 0 Å². The normalized spacial score (nSPS) is 15.9. The summed E-state index contributed by atoms with van der Waals surface area (Å²) >= 11 is 0. The first-order chi connectivity index (χ1) is 9.93. The number of carbonyl (C=O) groups excluding carboxylic acids is 1. The van der Waals surface area contributed by atoms with E-state index in [1.807, 2.05) is 27.7 Å². The van der Waals surface area contributed by atoms with Gasteiger partial charge in [-0.2, -0.15) is 0 Å². The third-order valence-electron chi connectivity index (χ3n) is 3.72. The van der Waals surface area contributed by atoms with Gasteiger partial charge in [0, 0.05) is 18.0 Å². The molecular formula is C15H25N5O. The fourth-order valence-electron chi connectivity index (χ4n) is 2.25. The number of anilines is 2. The number of amides is 1. The SMILES string of the molecule is CCNc1nc(C2CC2)nc(NC(C(N)=O)C(C)C)c1C. The summed E-state index contributed by atoms with van der Waals surface area (Å²) in [7, 11) is 0. The van der Waals surface area contributed by atoms with Gasteiger partial charge in [0.15, 0.2) is 0 Å². The summed E-state index contributed by atoms with van der Waals surface area (Å²) in [6.45, 7) is 8.71. The molecule has 2 rings (SSSR count). The van der Waals surface area contributed by atoms with Crippen LogP contribution in [0.1, 0.15) is 50.9 Å². The fourth-order valence-corrected chi connectivity index (χ4v) is 2.25. The molecule has 116 valence electrons. The van der Waals surface area contributed by atoms with Crippen LogP contribution >= 0.6 is 0 Å². The summed E-state index contributed by atoms with van der Waals surface area (Å²) in [6.07, 6.45) is 2.27. The number of hydrogen-bond acceptors (Lipinski definition) is 5. The van der Waals surface area contributed by atoms with Crippen LogP contribution in [-0.2, 0) is 4.79 Å². The molecule has 0 bridgehead atoms. The highest BCUT2D eigenvalue weighted by molar-refractivity contribution is 5.83. The maximum atomic E-state index is 11.6. The van der Waals surface area contributed by atoms with E-state index in [4.69, 9.17) is 5.73 Å². The Kier molecular flexibility index (Phi) is 4.65. The summed E-state index contributed by atoms with van der Waals surface area (Å²) in [4.78, 5) is 20.8. The lowest BCUT2D eigenvalue weighted by molar-refractivity contribution is -0.119. The first-order valence-electron chi connectivity index (χ1n) is 7.62. The third kappa shape index (κ3) is 3.62. The van der Waals surface area contributed by atoms with Gasteiger partial charge in [-0.25, -0.2) is 9.97 Å². The van der Waals surface area contributed by atoms with Gasteiger partial charge in [-0.3, -0.25) is 4.79 Å². The van der Waals surface area contributed by atoms with Gasteiger partial charge in [-0.15, -0.1) is 0 Å². The van der Waals surface area contributed by atoms with Crippen LogP contribution in [0.2, 0.25) is 0 Å². The zero-order valence-electron chi connectivity index (χ0n) is 13.2. The Morgan fingerprint density at radius 3 is 2.43 bits per heavy atom. The van der Waals surface area contributed by atoms with Crippen molar-refractivity contribution in [2.24, 2.45) is 11.7 Å². The number of nitrogens with two attached hydrogens (primary N) is 1. The number of nitrogens with zero attached hydrogens (tertiary/aromatic N) is 2. The summed E-state index contributed by atoms with van der Waals surface area (Å²) in [5.74, 6) is 2.59. The molecule has 21 heavy (non-hydrogen) atoms. The van der Waals surface area contributed by atoms with Crippen LogP contribution in [0.5, 0.6) is 0 Å². The zero-order valence-corrected chi connectivity index (χ0v) is 13.2. The molecule has 1 unspecified atom stereocenters. The van der Waals surface area contributed by atoms with Gasteiger partial charge in [0.25, 0.3) is 0 Å². The number of rotatable bonds is 7. The number of primary amides is 1. The minimum absolute atomic E-state index is 0.101. The summed E-state index contributed by atoms with van der Waals surface area (Å²) in [5.41, 5.74) is 6.41. The molecule has 6 heteroatoms. The van der Waals surface area contributed by atoms with Gasteiger partial charge < -0.3 is 16.4 Å². The Labute approximate surface area is 125 Å². The van der Waals surface area contributed by atoms with Crippen molar-refractivity contribution >= 4 is 17.5 Å². The van der Waals surface area contributed by atoms with E-state index in [2.05, 4.69) is 20.6 Å². The standard InChI is InChI=1S/C15H25N5O/c1-5-17-13-9(4)14(18-11(8(2)3)12(16)21)20-15(19-13)10-6-7-10/h8,10-11H,5-7H2,1-4H3,(H2,16,21)(H2,17,18,19,20). The van der Waals surface area contributed by atoms with Crippen molar-refractivity contribution in [1.29, 1.82) is 0 Å². The van der Waals surface area contributed by atoms with E-state index in [0.717, 1.165) is 36.6 Å². The van der Waals surface area contributed by atoms with Crippen LogP contribution in [0.25, 0.3) is 0 Å². The van der Waals surface area contributed by atoms with Crippen molar-refractivity contribution in [1.82, 2.24) is 9.97 Å².